The van der Waals surface area contributed by atoms with Crippen molar-refractivity contribution >= 4 is 12.3 Å². The minimum atomic E-state index is -2.33. The van der Waals surface area contributed by atoms with E-state index in [-0.39, 0.29) is 144 Å². The average Bonchev–Trinajstić information content (AvgIpc) is 1.33. The first kappa shape index (κ1) is 22.6. The van der Waals surface area contributed by atoms with Crippen LogP contribution in [-0.4, -0.2) is 12.3 Å². The molecular formula is C2Cs2O5. The van der Waals surface area contributed by atoms with Crippen LogP contribution in [-0.2, 0) is 9.59 Å². The third-order valence-corrected chi connectivity index (χ3v) is 0. The largest absolute Gasteiger partial charge is 1.00 e. The van der Waals surface area contributed by atoms with Gasteiger partial charge in [-0.25, -0.2) is 0 Å². The summed E-state index contributed by atoms with van der Waals surface area (Å²) in [7, 11) is 0. The zero-order chi connectivity index (χ0) is 6.28. The SMILES string of the molecule is O=C([O-])[O-].O=C=O.[Cs+].[Cs+]. The quantitative estimate of drug-likeness (QED) is 0.422. The first-order valence-electron chi connectivity index (χ1n) is 1.02. The Labute approximate surface area is 169 Å². The van der Waals surface area contributed by atoms with Crippen LogP contribution >= 0.6 is 0 Å². The molecule has 0 saturated heterocycles. The smallest absolute Gasteiger partial charge is 0.652 e. The molecule has 0 fully saturated rings. The van der Waals surface area contributed by atoms with Crippen LogP contribution in [0.3, 0.4) is 0 Å². The second kappa shape index (κ2) is 22.4. The van der Waals surface area contributed by atoms with Gasteiger partial charge in [-0.05, 0) is 6.16 Å². The maximum atomic E-state index is 8.33. The van der Waals surface area contributed by atoms with E-state index < -0.39 is 6.16 Å². The van der Waals surface area contributed by atoms with Gasteiger partial charge in [-0.15, -0.1) is 0 Å². The van der Waals surface area contributed by atoms with Crippen molar-refractivity contribution in [2.45, 2.75) is 0 Å². The van der Waals surface area contributed by atoms with E-state index in [1.54, 1.807) is 0 Å². The Kier molecular flexibility index (Phi) is 56.3. The molecule has 0 N–H and O–H groups in total. The molecule has 0 bridgehead atoms. The van der Waals surface area contributed by atoms with Crippen LogP contribution in [0.15, 0.2) is 0 Å². The molecule has 0 atom stereocenters. The second-order valence-corrected chi connectivity index (χ2v) is 0.333. The van der Waals surface area contributed by atoms with Crippen molar-refractivity contribution in [3.8, 4) is 0 Å². The van der Waals surface area contributed by atoms with E-state index in [9.17, 15) is 0 Å². The molecule has 0 radical (unpaired) electrons. The predicted octanol–water partition coefficient (Wildman–Crippen LogP) is -9.02. The van der Waals surface area contributed by atoms with Gasteiger partial charge < -0.3 is 15.0 Å². The zero-order valence-electron chi connectivity index (χ0n) is 5.04. The van der Waals surface area contributed by atoms with Gasteiger partial charge >= 0.3 is 144 Å². The third kappa shape index (κ3) is 109. The summed E-state index contributed by atoms with van der Waals surface area (Å²) in [5.74, 6) is 0. The summed E-state index contributed by atoms with van der Waals surface area (Å²) >= 11 is 0. The Bertz CT molecular complexity index is 81.0. The van der Waals surface area contributed by atoms with Crippen molar-refractivity contribution < 1.29 is 162 Å². The summed E-state index contributed by atoms with van der Waals surface area (Å²) in [6.45, 7) is 0. The molecule has 0 rings (SSSR count). The Morgan fingerprint density at radius 1 is 1.11 bits per heavy atom. The molecule has 5 nitrogen and oxygen atoms in total. The molecule has 0 aliphatic heterocycles. The summed E-state index contributed by atoms with van der Waals surface area (Å²) in [5.41, 5.74) is 0. The van der Waals surface area contributed by atoms with E-state index in [1.165, 1.54) is 0 Å². The molecule has 0 saturated carbocycles. The van der Waals surface area contributed by atoms with E-state index >= 15 is 0 Å². The standard InChI is InChI=1S/CH2O3.CO2.2Cs/c2-1(3)4;2-1-3;;/h(H2,2,3,4);;;/q;;2*+1/p-2. The average molecular weight is 370 g/mol. The monoisotopic (exact) mass is 370 g/mol. The van der Waals surface area contributed by atoms with E-state index in [0.29, 0.717) is 0 Å². The molecule has 40 valence electrons. The maximum absolute atomic E-state index is 8.33. The van der Waals surface area contributed by atoms with Crippen LogP contribution in [0.5, 0.6) is 0 Å². The summed E-state index contributed by atoms with van der Waals surface area (Å²) < 4.78 is 0. The minimum absolute atomic E-state index is 0. The van der Waals surface area contributed by atoms with Crippen molar-refractivity contribution in [3.05, 3.63) is 0 Å². The van der Waals surface area contributed by atoms with Gasteiger partial charge in [0.2, 0.25) is 0 Å². The van der Waals surface area contributed by atoms with Crippen molar-refractivity contribution in [2.75, 3.05) is 0 Å². The van der Waals surface area contributed by atoms with E-state index in [1.807, 2.05) is 0 Å². The second-order valence-electron chi connectivity index (χ2n) is 0.333. The van der Waals surface area contributed by atoms with Crippen LogP contribution in [0.2, 0.25) is 0 Å². The molecule has 0 aliphatic carbocycles. The topological polar surface area (TPSA) is 97.3 Å². The van der Waals surface area contributed by atoms with E-state index in [4.69, 9.17) is 24.6 Å². The maximum Gasteiger partial charge on any atom is 1.00 e. The van der Waals surface area contributed by atoms with Crippen LogP contribution in [0.4, 0.5) is 4.79 Å². The normalized spacial score (nSPS) is 3.56. The molecule has 0 amide bonds. The van der Waals surface area contributed by atoms with Gasteiger partial charge in [0, 0.05) is 0 Å². The molecule has 0 heterocycles. The number of hydrogen-bond acceptors (Lipinski definition) is 5. The van der Waals surface area contributed by atoms with Gasteiger partial charge in [-0.2, -0.15) is 9.59 Å². The molecule has 0 aromatic rings. The summed E-state index contributed by atoms with van der Waals surface area (Å²) in [4.78, 5) is 24.6. The predicted molar refractivity (Wildman–Crippen MR) is 10.4 cm³/mol. The minimum Gasteiger partial charge on any atom is -0.652 e. The van der Waals surface area contributed by atoms with E-state index in [0.717, 1.165) is 0 Å². The van der Waals surface area contributed by atoms with Crippen molar-refractivity contribution in [3.63, 3.8) is 0 Å². The van der Waals surface area contributed by atoms with Gasteiger partial charge in [-0.1, -0.05) is 0 Å². The van der Waals surface area contributed by atoms with E-state index in [2.05, 4.69) is 0 Å². The molecule has 9 heavy (non-hydrogen) atoms. The van der Waals surface area contributed by atoms with Crippen LogP contribution in [0, 0.1) is 0 Å². The number of carbonyl (C=O) groups is 1. The van der Waals surface area contributed by atoms with Crippen LogP contribution in [0.25, 0.3) is 0 Å². The molecule has 0 unspecified atom stereocenters. The molecule has 0 aromatic heterocycles. The number of carbonyl (C=O) groups excluding carboxylic acids is 3. The molecule has 0 aliphatic rings. The van der Waals surface area contributed by atoms with Crippen LogP contribution in [0.1, 0.15) is 0 Å². The third-order valence-electron chi connectivity index (χ3n) is 0. The van der Waals surface area contributed by atoms with Gasteiger partial charge in [0.1, 0.15) is 0 Å². The number of hydrogen-bond donors (Lipinski definition) is 0. The fourth-order valence-electron chi connectivity index (χ4n) is 0. The Balaban J connectivity index is -0.0000000233. The first-order chi connectivity index (χ1) is 3.15. The summed E-state index contributed by atoms with van der Waals surface area (Å²) in [5, 5.41) is 16.7. The number of rotatable bonds is 0. The van der Waals surface area contributed by atoms with Gasteiger partial charge in [0.15, 0.2) is 0 Å². The molecule has 0 aromatic carbocycles. The molecular weight excluding hydrogens is 370 g/mol. The van der Waals surface area contributed by atoms with Gasteiger partial charge in [-0.3, -0.25) is 0 Å². The fraction of sp³-hybridized carbons (Fsp3) is 0. The Hall–Kier alpha value is 2.75. The first-order valence-corrected chi connectivity index (χ1v) is 1.02. The summed E-state index contributed by atoms with van der Waals surface area (Å²) in [6.07, 6.45) is -2.08. The van der Waals surface area contributed by atoms with Gasteiger partial charge in [0.25, 0.3) is 0 Å². The molecule has 7 heteroatoms. The zero-order valence-corrected chi connectivity index (χ0v) is 17.6. The summed E-state index contributed by atoms with van der Waals surface area (Å²) in [6, 6.07) is 0. The van der Waals surface area contributed by atoms with Crippen molar-refractivity contribution in [1.29, 1.82) is 0 Å². The van der Waals surface area contributed by atoms with Crippen LogP contribution < -0.4 is 148 Å². The van der Waals surface area contributed by atoms with Crippen molar-refractivity contribution in [1.82, 2.24) is 0 Å². The Morgan fingerprint density at radius 2 is 1.11 bits per heavy atom. The van der Waals surface area contributed by atoms with Gasteiger partial charge in [0.05, 0.1) is 0 Å². The number of carboxylic acid groups (broad SMARTS) is 2. The Morgan fingerprint density at radius 3 is 1.11 bits per heavy atom. The fourth-order valence-corrected chi connectivity index (χ4v) is 0. The molecule has 0 spiro atoms. The van der Waals surface area contributed by atoms with Crippen molar-refractivity contribution in [2.24, 2.45) is 0 Å².